The van der Waals surface area contributed by atoms with Crippen LogP contribution < -0.4 is 22.8 Å². The van der Waals surface area contributed by atoms with Crippen LogP contribution in [0.5, 0.6) is 0 Å². The molecule has 0 bridgehead atoms. The highest BCUT2D eigenvalue weighted by Gasteiger charge is 2.32. The average molecular weight is 426 g/mol. The summed E-state index contributed by atoms with van der Waals surface area (Å²) in [6.07, 6.45) is 0. The molecule has 2 amide bonds. The molecule has 0 radical (unpaired) electrons. The number of nitrogens with zero attached hydrogens (tertiary/aromatic N) is 3. The van der Waals surface area contributed by atoms with Crippen molar-refractivity contribution in [3.63, 3.8) is 0 Å². The van der Waals surface area contributed by atoms with E-state index in [0.717, 1.165) is 26.2 Å². The van der Waals surface area contributed by atoms with E-state index in [1.165, 1.54) is 19.1 Å². The van der Waals surface area contributed by atoms with Gasteiger partial charge in [0.1, 0.15) is 0 Å². The second kappa shape index (κ2) is 9.21. The molecule has 1 aliphatic rings. The minimum Gasteiger partial charge on any atom is -1.00 e. The van der Waals surface area contributed by atoms with E-state index in [2.05, 4.69) is 10.2 Å². The molecular formula is C16H23Cl3N4O3. The van der Waals surface area contributed by atoms with Gasteiger partial charge in [0.05, 0.1) is 41.6 Å². The zero-order chi connectivity index (χ0) is 18.8. The molecule has 2 rings (SSSR count). The van der Waals surface area contributed by atoms with Crippen LogP contribution in [0.4, 0.5) is 11.4 Å². The summed E-state index contributed by atoms with van der Waals surface area (Å²) in [5.41, 5.74) is 0.410. The van der Waals surface area contributed by atoms with E-state index >= 15 is 0 Å². The number of hydroxylamine groups is 1. The van der Waals surface area contributed by atoms with E-state index in [4.69, 9.17) is 23.2 Å². The van der Waals surface area contributed by atoms with Crippen LogP contribution >= 0.6 is 23.2 Å². The first kappa shape index (κ1) is 23.0. The smallest absolute Gasteiger partial charge is 0.305 e. The van der Waals surface area contributed by atoms with Gasteiger partial charge in [-0.25, -0.2) is 0 Å². The molecule has 146 valence electrons. The van der Waals surface area contributed by atoms with Gasteiger partial charge in [0.2, 0.25) is 5.91 Å². The molecule has 7 nitrogen and oxygen atoms in total. The van der Waals surface area contributed by atoms with Crippen molar-refractivity contribution < 1.29 is 31.7 Å². The number of halogens is 3. The summed E-state index contributed by atoms with van der Waals surface area (Å²) in [6, 6.07) is 2.78. The number of likely N-dealkylation sites (N-methyl/N-ethyl adjacent to an activating group) is 2. The number of rotatable bonds is 4. The van der Waals surface area contributed by atoms with Crippen LogP contribution in [0.15, 0.2) is 12.1 Å². The van der Waals surface area contributed by atoms with Gasteiger partial charge in [-0.15, -0.1) is 0 Å². The maximum atomic E-state index is 12.5. The maximum absolute atomic E-state index is 12.5. The summed E-state index contributed by atoms with van der Waals surface area (Å²) < 4.78 is 0.561. The van der Waals surface area contributed by atoms with Gasteiger partial charge in [0, 0.05) is 20.0 Å². The third-order valence-corrected chi connectivity index (χ3v) is 4.96. The summed E-state index contributed by atoms with van der Waals surface area (Å²) in [4.78, 5) is 25.9. The zero-order valence-electron chi connectivity index (χ0n) is 14.9. The number of piperazine rings is 1. The quantitative estimate of drug-likeness (QED) is 0.371. The standard InChI is InChI=1S/C16H22Cl2N4O3.ClH/c1-11(23)19-16-13(17)8-12(9-14(16)18)21(25)15(24)10-22(3)6-4-20(2)5-7-22;/h8-9,25H,4-7,10H2,1-3H3;1H. The van der Waals surface area contributed by atoms with Gasteiger partial charge < -0.3 is 22.2 Å². The highest BCUT2D eigenvalue weighted by Crippen LogP contribution is 2.35. The molecule has 0 atom stereocenters. The van der Waals surface area contributed by atoms with Crippen LogP contribution in [0.3, 0.4) is 0 Å². The molecule has 0 aliphatic carbocycles. The van der Waals surface area contributed by atoms with Crippen LogP contribution in [0, 0.1) is 0 Å². The molecule has 0 aromatic heterocycles. The Balaban J connectivity index is 0.00000338. The molecule has 26 heavy (non-hydrogen) atoms. The first-order valence-corrected chi connectivity index (χ1v) is 8.67. The van der Waals surface area contributed by atoms with Crippen molar-refractivity contribution in [2.24, 2.45) is 0 Å². The van der Waals surface area contributed by atoms with Crippen LogP contribution in [0.1, 0.15) is 6.92 Å². The number of quaternary nitrogens is 1. The Morgan fingerprint density at radius 3 is 2.23 bits per heavy atom. The van der Waals surface area contributed by atoms with Crippen molar-refractivity contribution in [1.82, 2.24) is 4.90 Å². The molecule has 0 unspecified atom stereocenters. The SMILES string of the molecule is CC(=O)Nc1c(Cl)cc(N(O)C(=O)C[N+]2(C)CCN(C)CC2)cc1Cl.[Cl-]. The molecular weight excluding hydrogens is 403 g/mol. The van der Waals surface area contributed by atoms with Crippen LogP contribution in [-0.4, -0.2) is 73.2 Å². The van der Waals surface area contributed by atoms with Crippen LogP contribution in [0.25, 0.3) is 0 Å². The van der Waals surface area contributed by atoms with E-state index in [-0.39, 0.29) is 46.3 Å². The minimum atomic E-state index is -0.438. The number of hydrogen-bond donors (Lipinski definition) is 2. The molecule has 1 fully saturated rings. The third-order valence-electron chi connectivity index (χ3n) is 4.37. The molecule has 10 heteroatoms. The number of amides is 2. The van der Waals surface area contributed by atoms with Crippen LogP contribution in [-0.2, 0) is 9.59 Å². The summed E-state index contributed by atoms with van der Waals surface area (Å²) >= 11 is 12.2. The summed E-state index contributed by atoms with van der Waals surface area (Å²) in [6.45, 7) is 4.98. The van der Waals surface area contributed by atoms with E-state index in [1.54, 1.807) is 0 Å². The zero-order valence-corrected chi connectivity index (χ0v) is 17.2. The lowest BCUT2D eigenvalue weighted by Gasteiger charge is -2.40. The fourth-order valence-electron chi connectivity index (χ4n) is 2.72. The highest BCUT2D eigenvalue weighted by atomic mass is 35.5. The molecule has 0 spiro atoms. The second-order valence-electron chi connectivity index (χ2n) is 6.70. The Morgan fingerprint density at radius 2 is 1.77 bits per heavy atom. The molecule has 0 saturated carbocycles. The molecule has 1 aliphatic heterocycles. The topological polar surface area (TPSA) is 72.9 Å². The Morgan fingerprint density at radius 1 is 1.27 bits per heavy atom. The van der Waals surface area contributed by atoms with Gasteiger partial charge >= 0.3 is 5.91 Å². The predicted octanol–water partition coefficient (Wildman–Crippen LogP) is -0.930. The highest BCUT2D eigenvalue weighted by molar-refractivity contribution is 6.40. The van der Waals surface area contributed by atoms with E-state index in [0.29, 0.717) is 9.55 Å². The number of hydrogen-bond acceptors (Lipinski definition) is 4. The molecule has 1 saturated heterocycles. The van der Waals surface area contributed by atoms with E-state index in [1.807, 2.05) is 14.1 Å². The first-order chi connectivity index (χ1) is 11.6. The van der Waals surface area contributed by atoms with E-state index in [9.17, 15) is 14.8 Å². The van der Waals surface area contributed by atoms with Gasteiger partial charge in [0.25, 0.3) is 0 Å². The van der Waals surface area contributed by atoms with E-state index < -0.39 is 5.91 Å². The first-order valence-electron chi connectivity index (χ1n) is 7.92. The lowest BCUT2D eigenvalue weighted by molar-refractivity contribution is -0.906. The fourth-order valence-corrected chi connectivity index (χ4v) is 3.29. The summed E-state index contributed by atoms with van der Waals surface area (Å²) in [7, 11) is 4.04. The number of nitrogens with one attached hydrogen (secondary N) is 1. The largest absolute Gasteiger partial charge is 1.00 e. The van der Waals surface area contributed by atoms with Gasteiger partial charge in [0.15, 0.2) is 6.54 Å². The van der Waals surface area contributed by atoms with Gasteiger partial charge in [-0.3, -0.25) is 19.7 Å². The Bertz CT molecular complexity index is 656. The van der Waals surface area contributed by atoms with Crippen molar-refractivity contribution in [3.05, 3.63) is 22.2 Å². The number of carbonyl (C=O) groups is 2. The predicted molar refractivity (Wildman–Crippen MR) is 98.3 cm³/mol. The van der Waals surface area contributed by atoms with Crippen molar-refractivity contribution in [1.29, 1.82) is 0 Å². The second-order valence-corrected chi connectivity index (χ2v) is 7.51. The molecule has 1 heterocycles. The number of carbonyl (C=O) groups excluding carboxylic acids is 2. The molecule has 1 aromatic rings. The summed E-state index contributed by atoms with van der Waals surface area (Å²) in [5, 5.41) is 13.6. The van der Waals surface area contributed by atoms with Crippen molar-refractivity contribution in [2.75, 3.05) is 57.2 Å². The lowest BCUT2D eigenvalue weighted by atomic mass is 10.2. The minimum absolute atomic E-state index is 0. The normalized spacial score (nSPS) is 16.5. The van der Waals surface area contributed by atoms with Crippen molar-refractivity contribution in [3.8, 4) is 0 Å². The van der Waals surface area contributed by atoms with Gasteiger partial charge in [-0.1, -0.05) is 23.2 Å². The maximum Gasteiger partial charge on any atom is 0.305 e. The number of anilines is 2. The lowest BCUT2D eigenvalue weighted by Crippen LogP contribution is -3.00. The van der Waals surface area contributed by atoms with Gasteiger partial charge in [-0.2, -0.15) is 5.06 Å². The third kappa shape index (κ3) is 5.70. The molecule has 2 N–H and O–H groups in total. The van der Waals surface area contributed by atoms with Crippen molar-refractivity contribution in [2.45, 2.75) is 6.92 Å². The van der Waals surface area contributed by atoms with Crippen molar-refractivity contribution >= 4 is 46.4 Å². The van der Waals surface area contributed by atoms with Gasteiger partial charge in [-0.05, 0) is 19.2 Å². The average Bonchev–Trinajstić information content (AvgIpc) is 2.52. The number of benzene rings is 1. The Hall–Kier alpha value is -1.09. The van der Waals surface area contributed by atoms with Crippen LogP contribution in [0.2, 0.25) is 10.0 Å². The summed E-state index contributed by atoms with van der Waals surface area (Å²) in [5.74, 6) is -0.757. The monoisotopic (exact) mass is 424 g/mol. The molecule has 1 aromatic carbocycles. The Labute approximate surface area is 169 Å². The fraction of sp³-hybridized carbons (Fsp3) is 0.500. The Kier molecular flexibility index (Phi) is 8.13.